The Hall–Kier alpha value is -1.62. The lowest BCUT2D eigenvalue weighted by atomic mass is 9.86. The zero-order valence-electron chi connectivity index (χ0n) is 12.5. The van der Waals surface area contributed by atoms with Gasteiger partial charge in [0.25, 0.3) is 5.91 Å². The molecule has 0 unspecified atom stereocenters. The number of carbonyl (C=O) groups is 1. The number of aliphatic hydroxyl groups excluding tert-OH is 1. The van der Waals surface area contributed by atoms with Gasteiger partial charge in [-0.25, -0.2) is 4.39 Å². The number of amides is 1. The summed E-state index contributed by atoms with van der Waals surface area (Å²) in [6.07, 6.45) is 3.61. The summed E-state index contributed by atoms with van der Waals surface area (Å²) in [5, 5.41) is 9.15. The van der Waals surface area contributed by atoms with E-state index in [1.165, 1.54) is 19.2 Å². The summed E-state index contributed by atoms with van der Waals surface area (Å²) in [4.78, 5) is 14.1. The van der Waals surface area contributed by atoms with E-state index in [1.54, 1.807) is 18.0 Å². The number of aliphatic hydroxyl groups is 1. The van der Waals surface area contributed by atoms with Gasteiger partial charge in [0, 0.05) is 25.3 Å². The smallest absolute Gasteiger partial charge is 0.253 e. The fraction of sp³-hybridized carbons (Fsp3) is 0.562. The van der Waals surface area contributed by atoms with Gasteiger partial charge >= 0.3 is 0 Å². The van der Waals surface area contributed by atoms with Gasteiger partial charge in [0.15, 0.2) is 11.6 Å². The average molecular weight is 295 g/mol. The first kappa shape index (κ1) is 15.8. The van der Waals surface area contributed by atoms with Gasteiger partial charge in [-0.05, 0) is 49.8 Å². The Morgan fingerprint density at radius 3 is 2.57 bits per heavy atom. The second-order valence-corrected chi connectivity index (χ2v) is 5.62. The maximum Gasteiger partial charge on any atom is 0.253 e. The van der Waals surface area contributed by atoms with E-state index in [2.05, 4.69) is 0 Å². The predicted octanol–water partition coefficient (Wildman–Crippen LogP) is 2.46. The van der Waals surface area contributed by atoms with Crippen molar-refractivity contribution in [3.05, 3.63) is 29.6 Å². The van der Waals surface area contributed by atoms with Crippen LogP contribution in [0.5, 0.6) is 5.75 Å². The second kappa shape index (κ2) is 6.89. The highest BCUT2D eigenvalue weighted by molar-refractivity contribution is 5.94. The molecule has 0 aliphatic heterocycles. The van der Waals surface area contributed by atoms with E-state index in [1.807, 2.05) is 0 Å². The molecule has 2 rings (SSSR count). The molecule has 0 aromatic heterocycles. The summed E-state index contributed by atoms with van der Waals surface area (Å²) in [6, 6.07) is 4.43. The highest BCUT2D eigenvalue weighted by atomic mass is 19.1. The summed E-state index contributed by atoms with van der Waals surface area (Å²) in [6.45, 7) is 0.216. The van der Waals surface area contributed by atoms with E-state index in [-0.39, 0.29) is 24.3 Å². The summed E-state index contributed by atoms with van der Waals surface area (Å²) >= 11 is 0. The minimum absolute atomic E-state index is 0.137. The van der Waals surface area contributed by atoms with Crippen molar-refractivity contribution >= 4 is 5.91 Å². The Kier molecular flexibility index (Phi) is 5.17. The van der Waals surface area contributed by atoms with Crippen LogP contribution in [0.1, 0.15) is 36.0 Å². The fourth-order valence-corrected chi connectivity index (χ4v) is 2.88. The minimum atomic E-state index is -0.527. The molecule has 1 aliphatic rings. The molecule has 4 nitrogen and oxygen atoms in total. The number of hydrogen-bond acceptors (Lipinski definition) is 3. The zero-order valence-corrected chi connectivity index (χ0v) is 12.5. The molecule has 5 heteroatoms. The van der Waals surface area contributed by atoms with Crippen molar-refractivity contribution in [3.8, 4) is 5.75 Å². The molecule has 0 saturated heterocycles. The van der Waals surface area contributed by atoms with Crippen molar-refractivity contribution in [2.24, 2.45) is 5.92 Å². The Bertz CT molecular complexity index is 498. The standard InChI is InChI=1S/C16H22FNO3/c1-18(13-6-3-11(10-19)4-7-13)16(20)12-5-8-15(21-2)14(17)9-12/h5,8-9,11,13,19H,3-4,6-7,10H2,1-2H3. The maximum absolute atomic E-state index is 13.7. The highest BCUT2D eigenvalue weighted by Gasteiger charge is 2.27. The third kappa shape index (κ3) is 3.53. The highest BCUT2D eigenvalue weighted by Crippen LogP contribution is 2.28. The normalized spacial score (nSPS) is 21.9. The lowest BCUT2D eigenvalue weighted by Gasteiger charge is -2.34. The monoisotopic (exact) mass is 295 g/mol. The fourth-order valence-electron chi connectivity index (χ4n) is 2.88. The minimum Gasteiger partial charge on any atom is -0.494 e. The van der Waals surface area contributed by atoms with Gasteiger partial charge in [-0.1, -0.05) is 0 Å². The van der Waals surface area contributed by atoms with Gasteiger partial charge in [-0.3, -0.25) is 4.79 Å². The molecule has 0 spiro atoms. The van der Waals surface area contributed by atoms with Crippen LogP contribution in [0.15, 0.2) is 18.2 Å². The van der Waals surface area contributed by atoms with Gasteiger partial charge in [-0.2, -0.15) is 0 Å². The number of nitrogens with zero attached hydrogens (tertiary/aromatic N) is 1. The Labute approximate surface area is 124 Å². The molecule has 1 amide bonds. The largest absolute Gasteiger partial charge is 0.494 e. The van der Waals surface area contributed by atoms with E-state index in [4.69, 9.17) is 9.84 Å². The third-order valence-corrected chi connectivity index (χ3v) is 4.34. The number of carbonyl (C=O) groups excluding carboxylic acids is 1. The van der Waals surface area contributed by atoms with Crippen molar-refractivity contribution in [1.29, 1.82) is 0 Å². The molecule has 1 N–H and O–H groups in total. The first-order chi connectivity index (χ1) is 10.1. The summed E-state index contributed by atoms with van der Waals surface area (Å²) in [5.74, 6) is -0.217. The van der Waals surface area contributed by atoms with Gasteiger partial charge in [0.05, 0.1) is 7.11 Å². The lowest BCUT2D eigenvalue weighted by molar-refractivity contribution is 0.0652. The molecule has 0 radical (unpaired) electrons. The van der Waals surface area contributed by atoms with Crippen LogP contribution in [0.2, 0.25) is 0 Å². The Morgan fingerprint density at radius 2 is 2.05 bits per heavy atom. The quantitative estimate of drug-likeness (QED) is 0.928. The first-order valence-electron chi connectivity index (χ1n) is 7.28. The van der Waals surface area contributed by atoms with Crippen molar-refractivity contribution in [2.75, 3.05) is 20.8 Å². The van der Waals surface area contributed by atoms with E-state index in [9.17, 15) is 9.18 Å². The van der Waals surface area contributed by atoms with Crippen molar-refractivity contribution in [2.45, 2.75) is 31.7 Å². The van der Waals surface area contributed by atoms with Crippen LogP contribution >= 0.6 is 0 Å². The van der Waals surface area contributed by atoms with Gasteiger partial charge in [0.2, 0.25) is 0 Å². The maximum atomic E-state index is 13.7. The molecule has 1 saturated carbocycles. The zero-order chi connectivity index (χ0) is 15.4. The molecule has 0 atom stereocenters. The topological polar surface area (TPSA) is 49.8 Å². The first-order valence-corrected chi connectivity index (χ1v) is 7.28. The van der Waals surface area contributed by atoms with E-state index >= 15 is 0 Å². The molecule has 21 heavy (non-hydrogen) atoms. The van der Waals surface area contributed by atoms with Crippen molar-refractivity contribution in [3.63, 3.8) is 0 Å². The summed E-state index contributed by atoms with van der Waals surface area (Å²) in [5.41, 5.74) is 0.333. The Balaban J connectivity index is 2.04. The number of rotatable bonds is 4. The molecule has 0 heterocycles. The number of methoxy groups -OCH3 is 1. The van der Waals surface area contributed by atoms with Crippen molar-refractivity contribution < 1.29 is 19.0 Å². The number of hydrogen-bond donors (Lipinski definition) is 1. The van der Waals surface area contributed by atoms with E-state index in [0.717, 1.165) is 25.7 Å². The molecule has 0 bridgehead atoms. The van der Waals surface area contributed by atoms with Crippen LogP contribution in [0, 0.1) is 11.7 Å². The third-order valence-electron chi connectivity index (χ3n) is 4.34. The number of benzene rings is 1. The predicted molar refractivity (Wildman–Crippen MR) is 77.9 cm³/mol. The molecule has 1 fully saturated rings. The van der Waals surface area contributed by atoms with Crippen molar-refractivity contribution in [1.82, 2.24) is 4.90 Å². The van der Waals surface area contributed by atoms with Gasteiger partial charge < -0.3 is 14.7 Å². The van der Waals surface area contributed by atoms with Crippen LogP contribution in [-0.2, 0) is 0 Å². The van der Waals surface area contributed by atoms with Crippen LogP contribution < -0.4 is 4.74 Å². The van der Waals surface area contributed by atoms with E-state index in [0.29, 0.717) is 11.5 Å². The average Bonchev–Trinajstić information content (AvgIpc) is 2.53. The molecule has 1 aliphatic carbocycles. The van der Waals surface area contributed by atoms with Crippen LogP contribution in [0.3, 0.4) is 0 Å². The van der Waals surface area contributed by atoms with Gasteiger partial charge in [-0.15, -0.1) is 0 Å². The second-order valence-electron chi connectivity index (χ2n) is 5.62. The molecular weight excluding hydrogens is 273 g/mol. The number of halogens is 1. The molecule has 116 valence electrons. The lowest BCUT2D eigenvalue weighted by Crippen LogP contribution is -2.39. The van der Waals surface area contributed by atoms with Crippen LogP contribution in [-0.4, -0.2) is 42.7 Å². The summed E-state index contributed by atoms with van der Waals surface area (Å²) in [7, 11) is 3.15. The van der Waals surface area contributed by atoms with E-state index < -0.39 is 5.82 Å². The van der Waals surface area contributed by atoms with Crippen LogP contribution in [0.4, 0.5) is 4.39 Å². The Morgan fingerprint density at radius 1 is 1.38 bits per heavy atom. The SMILES string of the molecule is COc1ccc(C(=O)N(C)C2CCC(CO)CC2)cc1F. The molecule has 1 aromatic rings. The van der Waals surface area contributed by atoms with Crippen LogP contribution in [0.25, 0.3) is 0 Å². The molecular formula is C16H22FNO3. The molecule has 1 aromatic carbocycles. The summed E-state index contributed by atoms with van der Waals surface area (Å²) < 4.78 is 18.5. The van der Waals surface area contributed by atoms with Gasteiger partial charge in [0.1, 0.15) is 0 Å². The number of ether oxygens (including phenoxy) is 1.